The van der Waals surface area contributed by atoms with E-state index in [1.165, 1.54) is 5.57 Å². The standard InChI is InChI=1S/C15H22N2/c1-4-9-15(10-5-2)14(3)11-7-6-8-12-17-13-16/h4,7-13H,3,5-6H2,1-2H3,(H2,16,17)/b9-4-,11-7-,12-8+,15-10+. The third kappa shape index (κ3) is 8.03. The predicted octanol–water partition coefficient (Wildman–Crippen LogP) is 4.11. The van der Waals surface area contributed by atoms with Crippen LogP contribution in [0.3, 0.4) is 0 Å². The van der Waals surface area contributed by atoms with Crippen LogP contribution in [-0.4, -0.2) is 6.34 Å². The van der Waals surface area contributed by atoms with Gasteiger partial charge in [-0.1, -0.05) is 50.0 Å². The highest BCUT2D eigenvalue weighted by Crippen LogP contribution is 2.12. The van der Waals surface area contributed by atoms with Gasteiger partial charge in [0, 0.05) is 0 Å². The minimum atomic E-state index is 0.828. The fourth-order valence-corrected chi connectivity index (χ4v) is 1.27. The van der Waals surface area contributed by atoms with Crippen molar-refractivity contribution in [3.05, 3.63) is 60.4 Å². The first kappa shape index (κ1) is 15.2. The molecule has 92 valence electrons. The van der Waals surface area contributed by atoms with Crippen molar-refractivity contribution in [2.45, 2.75) is 26.7 Å². The Balaban J connectivity index is 4.26. The van der Waals surface area contributed by atoms with Crippen LogP contribution in [0.5, 0.6) is 0 Å². The Hall–Kier alpha value is -1.83. The Morgan fingerprint density at radius 2 is 2.06 bits per heavy atom. The molecule has 0 aromatic heterocycles. The molecule has 0 rings (SSSR count). The van der Waals surface area contributed by atoms with Gasteiger partial charge in [0.05, 0.1) is 6.34 Å². The SMILES string of the molecule is C=C(/C=C\C/C=C/NC=N)C(/C=C\C)=C/CC. The quantitative estimate of drug-likeness (QED) is 0.367. The molecule has 0 atom stereocenters. The van der Waals surface area contributed by atoms with Crippen LogP contribution < -0.4 is 5.32 Å². The molecule has 2 heteroatoms. The van der Waals surface area contributed by atoms with E-state index in [1.54, 1.807) is 6.20 Å². The van der Waals surface area contributed by atoms with Gasteiger partial charge in [0.1, 0.15) is 0 Å². The van der Waals surface area contributed by atoms with E-state index in [0.717, 1.165) is 24.8 Å². The third-order valence-corrected chi connectivity index (χ3v) is 2.03. The van der Waals surface area contributed by atoms with Crippen molar-refractivity contribution < 1.29 is 0 Å². The molecule has 0 fully saturated rings. The van der Waals surface area contributed by atoms with Gasteiger partial charge in [-0.15, -0.1) is 0 Å². The van der Waals surface area contributed by atoms with Gasteiger partial charge in [-0.3, -0.25) is 5.41 Å². The molecule has 0 aromatic rings. The number of rotatable bonds is 8. The topological polar surface area (TPSA) is 35.9 Å². The molecule has 0 radical (unpaired) electrons. The molecule has 0 saturated heterocycles. The maximum absolute atomic E-state index is 6.77. The molecule has 0 unspecified atom stereocenters. The lowest BCUT2D eigenvalue weighted by Gasteiger charge is -2.00. The van der Waals surface area contributed by atoms with E-state index < -0.39 is 0 Å². The van der Waals surface area contributed by atoms with Crippen LogP contribution in [-0.2, 0) is 0 Å². The molecule has 17 heavy (non-hydrogen) atoms. The minimum absolute atomic E-state index is 0.828. The van der Waals surface area contributed by atoms with Crippen molar-refractivity contribution in [2.75, 3.05) is 0 Å². The van der Waals surface area contributed by atoms with Crippen LogP contribution in [0, 0.1) is 5.41 Å². The normalized spacial score (nSPS) is 12.7. The summed E-state index contributed by atoms with van der Waals surface area (Å²) in [6, 6.07) is 0. The fraction of sp³-hybridized carbons (Fsp3) is 0.267. The summed E-state index contributed by atoms with van der Waals surface area (Å²) >= 11 is 0. The lowest BCUT2D eigenvalue weighted by atomic mass is 10.1. The van der Waals surface area contributed by atoms with Gasteiger partial charge in [0.25, 0.3) is 0 Å². The lowest BCUT2D eigenvalue weighted by molar-refractivity contribution is 1.20. The first-order chi connectivity index (χ1) is 8.26. The van der Waals surface area contributed by atoms with Crippen LogP contribution in [0.2, 0.25) is 0 Å². The number of hydrogen-bond acceptors (Lipinski definition) is 1. The average molecular weight is 230 g/mol. The molecule has 0 spiro atoms. The third-order valence-electron chi connectivity index (χ3n) is 2.03. The molecule has 0 saturated carbocycles. The summed E-state index contributed by atoms with van der Waals surface area (Å²) < 4.78 is 0. The zero-order valence-corrected chi connectivity index (χ0v) is 10.7. The van der Waals surface area contributed by atoms with Gasteiger partial charge in [0.15, 0.2) is 0 Å². The van der Waals surface area contributed by atoms with Gasteiger partial charge < -0.3 is 5.32 Å². The molecule has 2 N–H and O–H groups in total. The summed E-state index contributed by atoms with van der Waals surface area (Å²) in [5.74, 6) is 0. The second-order valence-corrected chi connectivity index (χ2v) is 3.44. The first-order valence-corrected chi connectivity index (χ1v) is 5.84. The van der Waals surface area contributed by atoms with Gasteiger partial charge in [0.2, 0.25) is 0 Å². The Morgan fingerprint density at radius 3 is 2.65 bits per heavy atom. The molecule has 0 aliphatic heterocycles. The number of nitrogens with one attached hydrogen (secondary N) is 2. The largest absolute Gasteiger partial charge is 0.354 e. The molecule has 2 nitrogen and oxygen atoms in total. The second kappa shape index (κ2) is 10.7. The molecule has 0 aliphatic rings. The van der Waals surface area contributed by atoms with Crippen molar-refractivity contribution in [1.82, 2.24) is 5.32 Å². The van der Waals surface area contributed by atoms with Gasteiger partial charge in [-0.25, -0.2) is 0 Å². The van der Waals surface area contributed by atoms with Gasteiger partial charge in [-0.2, -0.15) is 0 Å². The van der Waals surface area contributed by atoms with Crippen molar-refractivity contribution in [3.63, 3.8) is 0 Å². The van der Waals surface area contributed by atoms with Crippen molar-refractivity contribution in [1.29, 1.82) is 5.41 Å². The predicted molar refractivity (Wildman–Crippen MR) is 77.1 cm³/mol. The van der Waals surface area contributed by atoms with E-state index >= 15 is 0 Å². The van der Waals surface area contributed by atoms with E-state index in [4.69, 9.17) is 5.41 Å². The first-order valence-electron chi connectivity index (χ1n) is 5.84. The minimum Gasteiger partial charge on any atom is -0.354 e. The van der Waals surface area contributed by atoms with E-state index in [9.17, 15) is 0 Å². The van der Waals surface area contributed by atoms with Crippen molar-refractivity contribution >= 4 is 6.34 Å². The smallest absolute Gasteiger partial charge is 0.0830 e. The molecular weight excluding hydrogens is 208 g/mol. The highest BCUT2D eigenvalue weighted by molar-refractivity contribution is 5.51. The Bertz CT molecular complexity index is 344. The molecule has 0 aliphatic carbocycles. The summed E-state index contributed by atoms with van der Waals surface area (Å²) in [5.41, 5.74) is 2.20. The van der Waals surface area contributed by atoms with E-state index in [0.29, 0.717) is 0 Å². The maximum Gasteiger partial charge on any atom is 0.0830 e. The van der Waals surface area contributed by atoms with Gasteiger partial charge >= 0.3 is 0 Å². The number of hydrogen-bond donors (Lipinski definition) is 2. The van der Waals surface area contributed by atoms with E-state index in [-0.39, 0.29) is 0 Å². The average Bonchev–Trinajstić information content (AvgIpc) is 2.33. The van der Waals surface area contributed by atoms with Crippen LogP contribution in [0.25, 0.3) is 0 Å². The van der Waals surface area contributed by atoms with Crippen molar-refractivity contribution in [3.8, 4) is 0 Å². The van der Waals surface area contributed by atoms with E-state index in [1.807, 2.05) is 25.2 Å². The fourth-order valence-electron chi connectivity index (χ4n) is 1.27. The molecular formula is C15H22N2. The van der Waals surface area contributed by atoms with Gasteiger partial charge in [-0.05, 0) is 37.1 Å². The van der Waals surface area contributed by atoms with Crippen LogP contribution in [0.4, 0.5) is 0 Å². The maximum atomic E-state index is 6.77. The second-order valence-electron chi connectivity index (χ2n) is 3.44. The van der Waals surface area contributed by atoms with Crippen LogP contribution in [0.1, 0.15) is 26.7 Å². The number of allylic oxidation sites excluding steroid dienone is 8. The Labute approximate surface area is 105 Å². The lowest BCUT2D eigenvalue weighted by Crippen LogP contribution is -1.96. The molecule has 0 aromatic carbocycles. The Morgan fingerprint density at radius 1 is 1.29 bits per heavy atom. The van der Waals surface area contributed by atoms with Crippen molar-refractivity contribution in [2.24, 2.45) is 0 Å². The molecule has 0 bridgehead atoms. The highest BCUT2D eigenvalue weighted by atomic mass is 14.8. The van der Waals surface area contributed by atoms with E-state index in [2.05, 4.69) is 37.0 Å². The summed E-state index contributed by atoms with van der Waals surface area (Å²) in [4.78, 5) is 0. The summed E-state index contributed by atoms with van der Waals surface area (Å²) in [6.45, 7) is 8.17. The van der Waals surface area contributed by atoms with Crippen LogP contribution >= 0.6 is 0 Å². The summed E-state index contributed by atoms with van der Waals surface area (Å²) in [5, 5.41) is 9.45. The summed E-state index contributed by atoms with van der Waals surface area (Å²) in [6.07, 6.45) is 17.0. The molecule has 0 heterocycles. The zero-order chi connectivity index (χ0) is 12.9. The summed E-state index contributed by atoms with van der Waals surface area (Å²) in [7, 11) is 0. The Kier molecular flexibility index (Phi) is 9.53. The van der Waals surface area contributed by atoms with Crippen LogP contribution in [0.15, 0.2) is 60.4 Å². The molecule has 0 amide bonds. The zero-order valence-electron chi connectivity index (χ0n) is 10.7. The highest BCUT2D eigenvalue weighted by Gasteiger charge is 1.92. The monoisotopic (exact) mass is 230 g/mol.